The summed E-state index contributed by atoms with van der Waals surface area (Å²) in [6.45, 7) is 4.19. The van der Waals surface area contributed by atoms with Crippen LogP contribution < -0.4 is 14.8 Å². The second kappa shape index (κ2) is 9.37. The molecule has 0 aliphatic carbocycles. The smallest absolute Gasteiger partial charge is 0.221 e. The molecule has 0 aromatic heterocycles. The van der Waals surface area contributed by atoms with Gasteiger partial charge in [-0.2, -0.15) is 0 Å². The molecule has 23 heavy (non-hydrogen) atoms. The Morgan fingerprint density at radius 3 is 2.87 bits per heavy atom. The van der Waals surface area contributed by atoms with Gasteiger partial charge in [0, 0.05) is 44.8 Å². The van der Waals surface area contributed by atoms with Crippen molar-refractivity contribution in [3.63, 3.8) is 0 Å². The van der Waals surface area contributed by atoms with Gasteiger partial charge in [0.1, 0.15) is 0 Å². The normalized spacial score (nSPS) is 17.9. The highest BCUT2D eigenvalue weighted by atomic mass is 16.5. The van der Waals surface area contributed by atoms with Crippen LogP contribution in [0.5, 0.6) is 11.5 Å². The van der Waals surface area contributed by atoms with E-state index in [9.17, 15) is 4.79 Å². The van der Waals surface area contributed by atoms with Crippen LogP contribution >= 0.6 is 0 Å². The summed E-state index contributed by atoms with van der Waals surface area (Å²) in [5, 5.41) is 2.87. The van der Waals surface area contributed by atoms with Gasteiger partial charge in [-0.15, -0.1) is 0 Å². The van der Waals surface area contributed by atoms with E-state index in [0.717, 1.165) is 30.0 Å². The molecule has 1 heterocycles. The number of carbonyl (C=O) groups is 1. The van der Waals surface area contributed by atoms with E-state index in [1.54, 1.807) is 14.2 Å². The highest BCUT2D eigenvalue weighted by Crippen LogP contribution is 2.31. The van der Waals surface area contributed by atoms with Gasteiger partial charge in [-0.1, -0.05) is 12.1 Å². The first-order chi connectivity index (χ1) is 11.2. The van der Waals surface area contributed by atoms with Crippen LogP contribution in [0.2, 0.25) is 0 Å². The number of amides is 1. The molecule has 0 unspecified atom stereocenters. The quantitative estimate of drug-likeness (QED) is 0.909. The SMILES string of the molecule is COc1cccc(CN2CCCOCCNC(=O)CC2)c1OC. The lowest BCUT2D eigenvalue weighted by molar-refractivity contribution is -0.121. The average molecular weight is 322 g/mol. The number of nitrogens with one attached hydrogen (secondary N) is 1. The summed E-state index contributed by atoms with van der Waals surface area (Å²) in [6, 6.07) is 5.87. The topological polar surface area (TPSA) is 60.0 Å². The van der Waals surface area contributed by atoms with Gasteiger partial charge in [-0.05, 0) is 12.5 Å². The molecule has 1 aliphatic rings. The van der Waals surface area contributed by atoms with Gasteiger partial charge < -0.3 is 19.5 Å². The number of rotatable bonds is 4. The van der Waals surface area contributed by atoms with E-state index in [4.69, 9.17) is 14.2 Å². The summed E-state index contributed by atoms with van der Waals surface area (Å²) in [4.78, 5) is 14.1. The van der Waals surface area contributed by atoms with E-state index in [2.05, 4.69) is 10.2 Å². The first-order valence-corrected chi connectivity index (χ1v) is 8.01. The lowest BCUT2D eigenvalue weighted by Crippen LogP contribution is -2.31. The summed E-state index contributed by atoms with van der Waals surface area (Å²) >= 11 is 0. The number of carbonyl (C=O) groups excluding carboxylic acids is 1. The zero-order valence-corrected chi connectivity index (χ0v) is 14.0. The van der Waals surface area contributed by atoms with Crippen LogP contribution in [0.25, 0.3) is 0 Å². The Balaban J connectivity index is 2.07. The van der Waals surface area contributed by atoms with E-state index >= 15 is 0 Å². The van der Waals surface area contributed by atoms with Gasteiger partial charge >= 0.3 is 0 Å². The maximum absolute atomic E-state index is 11.8. The van der Waals surface area contributed by atoms with Crippen LogP contribution in [0.4, 0.5) is 0 Å². The zero-order valence-electron chi connectivity index (χ0n) is 14.0. The maximum Gasteiger partial charge on any atom is 0.221 e. The molecule has 0 radical (unpaired) electrons. The Morgan fingerprint density at radius 1 is 1.22 bits per heavy atom. The molecule has 0 spiro atoms. The first kappa shape index (κ1) is 17.6. The molecule has 6 heteroatoms. The van der Waals surface area contributed by atoms with Crippen molar-refractivity contribution in [3.05, 3.63) is 23.8 Å². The highest BCUT2D eigenvalue weighted by Gasteiger charge is 2.15. The first-order valence-electron chi connectivity index (χ1n) is 8.01. The molecule has 1 aromatic carbocycles. The molecule has 0 saturated carbocycles. The Hall–Kier alpha value is -1.79. The van der Waals surface area contributed by atoms with Crippen molar-refractivity contribution in [2.75, 3.05) is 47.1 Å². The van der Waals surface area contributed by atoms with Crippen LogP contribution in [0.3, 0.4) is 0 Å². The van der Waals surface area contributed by atoms with Gasteiger partial charge in [0.15, 0.2) is 11.5 Å². The minimum atomic E-state index is 0.0677. The number of nitrogens with zero attached hydrogens (tertiary/aromatic N) is 1. The van der Waals surface area contributed by atoms with Crippen LogP contribution in [-0.2, 0) is 16.1 Å². The summed E-state index contributed by atoms with van der Waals surface area (Å²) in [5.41, 5.74) is 1.06. The third-order valence-electron chi connectivity index (χ3n) is 3.87. The monoisotopic (exact) mass is 322 g/mol. The summed E-state index contributed by atoms with van der Waals surface area (Å²) < 4.78 is 16.4. The van der Waals surface area contributed by atoms with Crippen molar-refractivity contribution in [3.8, 4) is 11.5 Å². The molecule has 1 saturated heterocycles. The van der Waals surface area contributed by atoms with Gasteiger partial charge in [0.05, 0.1) is 20.8 Å². The Bertz CT molecular complexity index is 507. The van der Waals surface area contributed by atoms with Crippen molar-refractivity contribution < 1.29 is 19.0 Å². The predicted octanol–water partition coefficient (Wildman–Crippen LogP) is 1.43. The van der Waals surface area contributed by atoms with Crippen molar-refractivity contribution >= 4 is 5.91 Å². The summed E-state index contributed by atoms with van der Waals surface area (Å²) in [5.74, 6) is 1.55. The van der Waals surface area contributed by atoms with Crippen molar-refractivity contribution in [2.24, 2.45) is 0 Å². The van der Waals surface area contributed by atoms with E-state index in [1.165, 1.54) is 0 Å². The third kappa shape index (κ3) is 5.41. The van der Waals surface area contributed by atoms with Crippen LogP contribution in [0, 0.1) is 0 Å². The fourth-order valence-electron chi connectivity index (χ4n) is 2.69. The molecular formula is C17H26N2O4. The molecule has 0 atom stereocenters. The predicted molar refractivity (Wildman–Crippen MR) is 87.9 cm³/mol. The van der Waals surface area contributed by atoms with Crippen molar-refractivity contribution in [1.82, 2.24) is 10.2 Å². The minimum Gasteiger partial charge on any atom is -0.493 e. The molecular weight excluding hydrogens is 296 g/mol. The van der Waals surface area contributed by atoms with E-state index < -0.39 is 0 Å². The lowest BCUT2D eigenvalue weighted by Gasteiger charge is -2.23. The second-order valence-electron chi connectivity index (χ2n) is 5.49. The number of para-hydroxylation sites is 1. The van der Waals surface area contributed by atoms with Crippen LogP contribution in [0.15, 0.2) is 18.2 Å². The molecule has 1 aliphatic heterocycles. The van der Waals surface area contributed by atoms with Gasteiger partial charge in [-0.3, -0.25) is 9.69 Å². The van der Waals surface area contributed by atoms with E-state index in [0.29, 0.717) is 39.3 Å². The summed E-state index contributed by atoms with van der Waals surface area (Å²) in [6.07, 6.45) is 1.44. The number of methoxy groups -OCH3 is 2. The fraction of sp³-hybridized carbons (Fsp3) is 0.588. The maximum atomic E-state index is 11.8. The van der Waals surface area contributed by atoms with Gasteiger partial charge in [0.2, 0.25) is 5.91 Å². The number of hydrogen-bond acceptors (Lipinski definition) is 5. The average Bonchev–Trinajstić information content (AvgIpc) is 2.61. The Kier molecular flexibility index (Phi) is 7.16. The van der Waals surface area contributed by atoms with E-state index in [-0.39, 0.29) is 5.91 Å². The third-order valence-corrected chi connectivity index (χ3v) is 3.87. The number of ether oxygens (including phenoxy) is 3. The molecule has 128 valence electrons. The molecule has 1 aromatic rings. The number of benzene rings is 1. The summed E-state index contributed by atoms with van der Waals surface area (Å²) in [7, 11) is 3.28. The Morgan fingerprint density at radius 2 is 2.09 bits per heavy atom. The van der Waals surface area contributed by atoms with Crippen LogP contribution in [0.1, 0.15) is 18.4 Å². The van der Waals surface area contributed by atoms with Crippen molar-refractivity contribution in [1.29, 1.82) is 0 Å². The molecule has 1 fully saturated rings. The van der Waals surface area contributed by atoms with E-state index in [1.807, 2.05) is 18.2 Å². The minimum absolute atomic E-state index is 0.0677. The molecule has 2 rings (SSSR count). The molecule has 1 N–H and O–H groups in total. The van der Waals surface area contributed by atoms with Gasteiger partial charge in [0.25, 0.3) is 0 Å². The largest absolute Gasteiger partial charge is 0.493 e. The lowest BCUT2D eigenvalue weighted by atomic mass is 10.1. The molecule has 6 nitrogen and oxygen atoms in total. The molecule has 1 amide bonds. The molecule has 0 bridgehead atoms. The number of hydrogen-bond donors (Lipinski definition) is 1. The fourth-order valence-corrected chi connectivity index (χ4v) is 2.69. The Labute approximate surface area is 137 Å². The standard InChI is InChI=1S/C17H26N2O4/c1-21-15-6-3-5-14(17(15)22-2)13-19-9-4-11-23-12-8-18-16(20)7-10-19/h3,5-6H,4,7-13H2,1-2H3,(H,18,20). The zero-order chi connectivity index (χ0) is 16.5. The second-order valence-corrected chi connectivity index (χ2v) is 5.49. The van der Waals surface area contributed by atoms with Crippen molar-refractivity contribution in [2.45, 2.75) is 19.4 Å². The van der Waals surface area contributed by atoms with Gasteiger partial charge in [-0.25, -0.2) is 0 Å². The highest BCUT2D eigenvalue weighted by molar-refractivity contribution is 5.76. The van der Waals surface area contributed by atoms with Crippen LogP contribution in [-0.4, -0.2) is 57.9 Å².